The number of carbonyl (C=O) groups excluding carboxylic acids is 1. The second-order valence-corrected chi connectivity index (χ2v) is 4.26. The van der Waals surface area contributed by atoms with E-state index in [1.54, 1.807) is 0 Å². The zero-order chi connectivity index (χ0) is 13.5. The number of rotatable bonds is 6. The SMILES string of the molecule is CCNC(=O)CCNc1c(Br)cncc1[N+](=O)[O-]. The number of nitrogens with zero attached hydrogens (tertiary/aromatic N) is 2. The summed E-state index contributed by atoms with van der Waals surface area (Å²) in [4.78, 5) is 25.2. The Balaban J connectivity index is 2.67. The highest BCUT2D eigenvalue weighted by molar-refractivity contribution is 9.10. The topological polar surface area (TPSA) is 97.2 Å². The van der Waals surface area contributed by atoms with E-state index in [2.05, 4.69) is 31.5 Å². The zero-order valence-corrected chi connectivity index (χ0v) is 11.4. The molecule has 0 spiro atoms. The van der Waals surface area contributed by atoms with Crippen molar-refractivity contribution in [3.63, 3.8) is 0 Å². The van der Waals surface area contributed by atoms with E-state index in [4.69, 9.17) is 0 Å². The molecule has 2 N–H and O–H groups in total. The maximum Gasteiger partial charge on any atom is 0.311 e. The number of amides is 1. The van der Waals surface area contributed by atoms with Crippen LogP contribution in [0.5, 0.6) is 0 Å². The van der Waals surface area contributed by atoms with E-state index in [9.17, 15) is 14.9 Å². The molecule has 0 aliphatic rings. The van der Waals surface area contributed by atoms with Crippen LogP contribution in [0, 0.1) is 10.1 Å². The standard InChI is InChI=1S/C10H13BrN4O3/c1-2-13-9(16)3-4-14-10-7(11)5-12-6-8(10)15(17)18/h5-6H,2-4H2,1H3,(H,12,14)(H,13,16). The Bertz CT molecular complexity index is 453. The summed E-state index contributed by atoms with van der Waals surface area (Å²) in [5, 5.41) is 16.3. The Morgan fingerprint density at radius 1 is 1.56 bits per heavy atom. The molecule has 0 aliphatic heterocycles. The number of nitrogens with one attached hydrogen (secondary N) is 2. The molecule has 0 aliphatic carbocycles. The summed E-state index contributed by atoms with van der Waals surface area (Å²) in [5.74, 6) is -0.0992. The summed E-state index contributed by atoms with van der Waals surface area (Å²) in [6, 6.07) is 0. The summed E-state index contributed by atoms with van der Waals surface area (Å²) in [6.45, 7) is 2.71. The van der Waals surface area contributed by atoms with Crippen molar-refractivity contribution in [2.24, 2.45) is 0 Å². The molecule has 0 unspecified atom stereocenters. The number of carbonyl (C=O) groups is 1. The largest absolute Gasteiger partial charge is 0.378 e. The molecule has 18 heavy (non-hydrogen) atoms. The summed E-state index contributed by atoms with van der Waals surface area (Å²) in [5.41, 5.74) is 0.208. The predicted octanol–water partition coefficient (Wildman–Crippen LogP) is 1.69. The quantitative estimate of drug-likeness (QED) is 0.615. The molecule has 8 heteroatoms. The first-order valence-electron chi connectivity index (χ1n) is 5.34. The van der Waals surface area contributed by atoms with Gasteiger partial charge in [-0.3, -0.25) is 19.9 Å². The van der Waals surface area contributed by atoms with Gasteiger partial charge in [-0.2, -0.15) is 0 Å². The van der Waals surface area contributed by atoms with Crippen LogP contribution in [0.4, 0.5) is 11.4 Å². The van der Waals surface area contributed by atoms with Crippen LogP contribution < -0.4 is 10.6 Å². The van der Waals surface area contributed by atoms with Crippen LogP contribution in [-0.2, 0) is 4.79 Å². The molecular formula is C10H13BrN4O3. The molecule has 0 radical (unpaired) electrons. The Labute approximate surface area is 112 Å². The Kier molecular flexibility index (Phi) is 5.50. The van der Waals surface area contributed by atoms with Crippen LogP contribution in [0.1, 0.15) is 13.3 Å². The maximum absolute atomic E-state index is 11.2. The van der Waals surface area contributed by atoms with Crippen LogP contribution in [0.15, 0.2) is 16.9 Å². The van der Waals surface area contributed by atoms with Crippen molar-refractivity contribution < 1.29 is 9.72 Å². The fourth-order valence-electron chi connectivity index (χ4n) is 1.32. The number of halogens is 1. The van der Waals surface area contributed by atoms with Gasteiger partial charge in [-0.15, -0.1) is 0 Å². The normalized spacial score (nSPS) is 9.89. The van der Waals surface area contributed by atoms with Crippen molar-refractivity contribution in [1.82, 2.24) is 10.3 Å². The molecular weight excluding hydrogens is 304 g/mol. The smallest absolute Gasteiger partial charge is 0.311 e. The van der Waals surface area contributed by atoms with Crippen molar-refractivity contribution in [2.45, 2.75) is 13.3 Å². The molecule has 0 saturated heterocycles. The van der Waals surface area contributed by atoms with Crippen molar-refractivity contribution in [3.8, 4) is 0 Å². The third-order valence-electron chi connectivity index (χ3n) is 2.10. The zero-order valence-electron chi connectivity index (χ0n) is 9.77. The highest BCUT2D eigenvalue weighted by Gasteiger charge is 2.16. The minimum Gasteiger partial charge on any atom is -0.378 e. The Morgan fingerprint density at radius 2 is 2.28 bits per heavy atom. The predicted molar refractivity (Wildman–Crippen MR) is 70.4 cm³/mol. The summed E-state index contributed by atoms with van der Waals surface area (Å²) in [6.07, 6.45) is 2.88. The van der Waals surface area contributed by atoms with Crippen molar-refractivity contribution in [1.29, 1.82) is 0 Å². The van der Waals surface area contributed by atoms with E-state index >= 15 is 0 Å². The number of hydrogen-bond donors (Lipinski definition) is 2. The number of pyridine rings is 1. The fraction of sp³-hybridized carbons (Fsp3) is 0.400. The molecule has 0 atom stereocenters. The first-order chi connectivity index (χ1) is 8.56. The lowest BCUT2D eigenvalue weighted by Gasteiger charge is -2.08. The van der Waals surface area contributed by atoms with Crippen LogP contribution in [0.3, 0.4) is 0 Å². The van der Waals surface area contributed by atoms with Gasteiger partial charge in [0.2, 0.25) is 5.91 Å². The van der Waals surface area contributed by atoms with Gasteiger partial charge >= 0.3 is 5.69 Å². The van der Waals surface area contributed by atoms with E-state index in [0.29, 0.717) is 23.2 Å². The summed E-state index contributed by atoms with van der Waals surface area (Å²) < 4.78 is 0.493. The second-order valence-electron chi connectivity index (χ2n) is 3.40. The molecule has 0 saturated carbocycles. The van der Waals surface area contributed by atoms with Crippen LogP contribution in [0.2, 0.25) is 0 Å². The van der Waals surface area contributed by atoms with Gasteiger partial charge in [0.25, 0.3) is 0 Å². The average Bonchev–Trinajstić information content (AvgIpc) is 2.31. The van der Waals surface area contributed by atoms with Crippen LogP contribution in [0.25, 0.3) is 0 Å². The molecule has 1 amide bonds. The molecule has 1 aromatic heterocycles. The minimum atomic E-state index is -0.522. The fourth-order valence-corrected chi connectivity index (χ4v) is 1.79. The van der Waals surface area contributed by atoms with Gasteiger partial charge in [0.15, 0.2) is 0 Å². The molecule has 0 fully saturated rings. The Morgan fingerprint density at radius 3 is 2.89 bits per heavy atom. The van der Waals surface area contributed by atoms with E-state index in [1.807, 2.05) is 6.92 Å². The monoisotopic (exact) mass is 316 g/mol. The van der Waals surface area contributed by atoms with Gasteiger partial charge in [0, 0.05) is 25.7 Å². The van der Waals surface area contributed by atoms with E-state index in [-0.39, 0.29) is 18.0 Å². The molecule has 7 nitrogen and oxygen atoms in total. The van der Waals surface area contributed by atoms with Gasteiger partial charge in [0.1, 0.15) is 11.9 Å². The lowest BCUT2D eigenvalue weighted by Crippen LogP contribution is -2.24. The number of aromatic nitrogens is 1. The van der Waals surface area contributed by atoms with Gasteiger partial charge < -0.3 is 10.6 Å². The number of hydrogen-bond acceptors (Lipinski definition) is 5. The first-order valence-corrected chi connectivity index (χ1v) is 6.14. The molecule has 1 rings (SSSR count). The number of anilines is 1. The lowest BCUT2D eigenvalue weighted by molar-refractivity contribution is -0.384. The van der Waals surface area contributed by atoms with Crippen molar-refractivity contribution >= 4 is 33.2 Å². The van der Waals surface area contributed by atoms with E-state index in [1.165, 1.54) is 12.4 Å². The summed E-state index contributed by atoms with van der Waals surface area (Å²) >= 11 is 3.18. The first kappa shape index (κ1) is 14.4. The van der Waals surface area contributed by atoms with E-state index < -0.39 is 4.92 Å². The minimum absolute atomic E-state index is 0.0992. The number of nitro groups is 1. The van der Waals surface area contributed by atoms with Crippen LogP contribution >= 0.6 is 15.9 Å². The molecule has 0 bridgehead atoms. The average molecular weight is 317 g/mol. The Hall–Kier alpha value is -1.70. The molecule has 1 aromatic rings. The van der Waals surface area contributed by atoms with Gasteiger partial charge in [-0.1, -0.05) is 0 Å². The highest BCUT2D eigenvalue weighted by Crippen LogP contribution is 2.30. The lowest BCUT2D eigenvalue weighted by atomic mass is 10.3. The van der Waals surface area contributed by atoms with Gasteiger partial charge in [-0.05, 0) is 22.9 Å². The highest BCUT2D eigenvalue weighted by atomic mass is 79.9. The van der Waals surface area contributed by atoms with Gasteiger partial charge in [0.05, 0.1) is 9.40 Å². The van der Waals surface area contributed by atoms with Crippen molar-refractivity contribution in [2.75, 3.05) is 18.4 Å². The molecule has 1 heterocycles. The van der Waals surface area contributed by atoms with Gasteiger partial charge in [-0.25, -0.2) is 0 Å². The molecule has 0 aromatic carbocycles. The van der Waals surface area contributed by atoms with Crippen molar-refractivity contribution in [3.05, 3.63) is 27.0 Å². The summed E-state index contributed by atoms with van der Waals surface area (Å²) in [7, 11) is 0. The van der Waals surface area contributed by atoms with E-state index in [0.717, 1.165) is 0 Å². The van der Waals surface area contributed by atoms with Crippen LogP contribution in [-0.4, -0.2) is 28.9 Å². The maximum atomic E-state index is 11.2. The third kappa shape index (κ3) is 3.95. The molecule has 98 valence electrons. The third-order valence-corrected chi connectivity index (χ3v) is 2.71. The second kappa shape index (κ2) is 6.90.